The van der Waals surface area contributed by atoms with Crippen LogP contribution in [0.3, 0.4) is 0 Å². The summed E-state index contributed by atoms with van der Waals surface area (Å²) in [7, 11) is 1.64. The first-order valence-electron chi connectivity index (χ1n) is 6.36. The molecule has 1 aromatic carbocycles. The van der Waals surface area contributed by atoms with Gasteiger partial charge in [0.25, 0.3) is 0 Å². The Morgan fingerprint density at radius 1 is 1.47 bits per heavy atom. The molecule has 4 nitrogen and oxygen atoms in total. The van der Waals surface area contributed by atoms with Gasteiger partial charge < -0.3 is 10.2 Å². The van der Waals surface area contributed by atoms with Crippen molar-refractivity contribution in [2.75, 3.05) is 13.6 Å². The highest BCUT2D eigenvalue weighted by molar-refractivity contribution is 5.90. The molecule has 0 radical (unpaired) electrons. The molecule has 0 bridgehead atoms. The summed E-state index contributed by atoms with van der Waals surface area (Å²) < 4.78 is 13.4. The predicted octanol–water partition coefficient (Wildman–Crippen LogP) is 1.11. The van der Waals surface area contributed by atoms with Gasteiger partial charge in [-0.15, -0.1) is 0 Å². The van der Waals surface area contributed by atoms with Crippen molar-refractivity contribution in [2.24, 2.45) is 0 Å². The van der Waals surface area contributed by atoms with E-state index < -0.39 is 0 Å². The molecule has 102 valence electrons. The molecular weight excluding hydrogens is 247 g/mol. The highest BCUT2D eigenvalue weighted by Gasteiger charge is 2.32. The van der Waals surface area contributed by atoms with Crippen LogP contribution in [0.4, 0.5) is 4.39 Å². The molecule has 19 heavy (non-hydrogen) atoms. The zero-order valence-electron chi connectivity index (χ0n) is 10.9. The lowest BCUT2D eigenvalue weighted by Gasteiger charge is -2.19. The van der Waals surface area contributed by atoms with Gasteiger partial charge in [0.1, 0.15) is 11.9 Å². The second-order valence-corrected chi connectivity index (χ2v) is 4.69. The van der Waals surface area contributed by atoms with Crippen LogP contribution in [-0.4, -0.2) is 36.3 Å². The van der Waals surface area contributed by atoms with Crippen LogP contribution in [-0.2, 0) is 16.0 Å². The molecule has 1 unspecified atom stereocenters. The van der Waals surface area contributed by atoms with Crippen LogP contribution < -0.4 is 5.32 Å². The fourth-order valence-electron chi connectivity index (χ4n) is 2.25. The Balaban J connectivity index is 1.82. The first-order valence-corrected chi connectivity index (χ1v) is 6.36. The van der Waals surface area contributed by atoms with Gasteiger partial charge in [0.15, 0.2) is 0 Å². The molecule has 5 heteroatoms. The van der Waals surface area contributed by atoms with Gasteiger partial charge in [-0.3, -0.25) is 9.59 Å². The summed E-state index contributed by atoms with van der Waals surface area (Å²) in [6.07, 6.45) is 1.42. The SMILES string of the molecule is CN1C(=O)CCC1C(=O)NCCc1ccccc1F. The largest absolute Gasteiger partial charge is 0.354 e. The Morgan fingerprint density at radius 3 is 2.84 bits per heavy atom. The van der Waals surface area contributed by atoms with E-state index in [4.69, 9.17) is 0 Å². The Hall–Kier alpha value is -1.91. The topological polar surface area (TPSA) is 49.4 Å². The van der Waals surface area contributed by atoms with Gasteiger partial charge in [-0.2, -0.15) is 0 Å². The third kappa shape index (κ3) is 3.10. The smallest absolute Gasteiger partial charge is 0.242 e. The van der Waals surface area contributed by atoms with Gasteiger partial charge >= 0.3 is 0 Å². The number of hydrogen-bond donors (Lipinski definition) is 1. The second kappa shape index (κ2) is 5.82. The lowest BCUT2D eigenvalue weighted by atomic mass is 10.1. The Kier molecular flexibility index (Phi) is 4.14. The molecule has 1 aliphatic rings. The number of nitrogens with zero attached hydrogens (tertiary/aromatic N) is 1. The summed E-state index contributed by atoms with van der Waals surface area (Å²) >= 11 is 0. The lowest BCUT2D eigenvalue weighted by Crippen LogP contribution is -2.43. The zero-order chi connectivity index (χ0) is 13.8. The molecular formula is C14H17FN2O2. The summed E-state index contributed by atoms with van der Waals surface area (Å²) in [5, 5.41) is 2.75. The van der Waals surface area contributed by atoms with Crippen LogP contribution in [0, 0.1) is 5.82 Å². The number of benzene rings is 1. The maximum Gasteiger partial charge on any atom is 0.242 e. The molecule has 2 amide bonds. The molecule has 2 rings (SSSR count). The number of carbonyl (C=O) groups is 2. The lowest BCUT2D eigenvalue weighted by molar-refractivity contribution is -0.133. The van der Waals surface area contributed by atoms with E-state index in [0.717, 1.165) is 0 Å². The summed E-state index contributed by atoms with van der Waals surface area (Å²) in [6.45, 7) is 0.373. The van der Waals surface area contributed by atoms with Crippen LogP contribution in [0.15, 0.2) is 24.3 Å². The van der Waals surface area contributed by atoms with E-state index in [1.807, 2.05) is 0 Å². The van der Waals surface area contributed by atoms with Crippen molar-refractivity contribution in [2.45, 2.75) is 25.3 Å². The van der Waals surface area contributed by atoms with E-state index in [2.05, 4.69) is 5.32 Å². The van der Waals surface area contributed by atoms with E-state index >= 15 is 0 Å². The minimum Gasteiger partial charge on any atom is -0.354 e. The minimum absolute atomic E-state index is 0.00532. The van der Waals surface area contributed by atoms with Crippen LogP contribution in [0.1, 0.15) is 18.4 Å². The Labute approximate surface area is 111 Å². The number of amides is 2. The van der Waals surface area contributed by atoms with Crippen molar-refractivity contribution in [1.29, 1.82) is 0 Å². The molecule has 0 saturated carbocycles. The number of nitrogens with one attached hydrogen (secondary N) is 1. The second-order valence-electron chi connectivity index (χ2n) is 4.69. The first kappa shape index (κ1) is 13.5. The predicted molar refractivity (Wildman–Crippen MR) is 68.9 cm³/mol. The summed E-state index contributed by atoms with van der Waals surface area (Å²) in [4.78, 5) is 24.7. The fraction of sp³-hybridized carbons (Fsp3) is 0.429. The monoisotopic (exact) mass is 264 g/mol. The van der Waals surface area contributed by atoms with Gasteiger partial charge in [-0.05, 0) is 24.5 Å². The molecule has 1 aromatic rings. The molecule has 1 aliphatic heterocycles. The molecule has 0 aromatic heterocycles. The van der Waals surface area contributed by atoms with E-state index in [9.17, 15) is 14.0 Å². The molecule has 1 N–H and O–H groups in total. The zero-order valence-corrected chi connectivity index (χ0v) is 10.9. The van der Waals surface area contributed by atoms with Crippen LogP contribution in [0.2, 0.25) is 0 Å². The van der Waals surface area contributed by atoms with Crippen molar-refractivity contribution in [3.63, 3.8) is 0 Å². The molecule has 0 aliphatic carbocycles. The highest BCUT2D eigenvalue weighted by atomic mass is 19.1. The normalized spacial score (nSPS) is 18.7. The summed E-state index contributed by atoms with van der Waals surface area (Å²) in [5.41, 5.74) is 0.582. The van der Waals surface area contributed by atoms with E-state index in [1.165, 1.54) is 11.0 Å². The highest BCUT2D eigenvalue weighted by Crippen LogP contribution is 2.16. The van der Waals surface area contributed by atoms with E-state index in [1.54, 1.807) is 25.2 Å². The molecule has 1 saturated heterocycles. The van der Waals surface area contributed by atoms with E-state index in [-0.39, 0.29) is 23.7 Å². The van der Waals surface area contributed by atoms with Gasteiger partial charge in [0.2, 0.25) is 11.8 Å². The summed E-state index contributed by atoms with van der Waals surface area (Å²) in [5.74, 6) is -0.427. The molecule has 1 fully saturated rings. The number of rotatable bonds is 4. The molecule has 1 heterocycles. The number of carbonyl (C=O) groups excluding carboxylic acids is 2. The molecule has 0 spiro atoms. The standard InChI is InChI=1S/C14H17FN2O2/c1-17-12(6-7-13(17)18)14(19)16-9-8-10-4-2-3-5-11(10)15/h2-5,12H,6-9H2,1H3,(H,16,19). The van der Waals surface area contributed by atoms with Gasteiger partial charge in [-0.25, -0.2) is 4.39 Å². The number of likely N-dealkylation sites (N-methyl/N-ethyl adjacent to an activating group) is 1. The van der Waals surface area contributed by atoms with Crippen molar-refractivity contribution in [1.82, 2.24) is 10.2 Å². The fourth-order valence-corrected chi connectivity index (χ4v) is 2.25. The van der Waals surface area contributed by atoms with Crippen molar-refractivity contribution < 1.29 is 14.0 Å². The number of hydrogen-bond acceptors (Lipinski definition) is 2. The van der Waals surface area contributed by atoms with Crippen LogP contribution in [0.5, 0.6) is 0 Å². The van der Waals surface area contributed by atoms with Crippen LogP contribution in [0.25, 0.3) is 0 Å². The quantitative estimate of drug-likeness (QED) is 0.885. The third-order valence-electron chi connectivity index (χ3n) is 3.45. The maximum atomic E-state index is 13.4. The summed E-state index contributed by atoms with van der Waals surface area (Å²) in [6, 6.07) is 6.13. The number of likely N-dealkylation sites (tertiary alicyclic amines) is 1. The Bertz CT molecular complexity index is 490. The number of halogens is 1. The average Bonchev–Trinajstić information content (AvgIpc) is 2.72. The van der Waals surface area contributed by atoms with Gasteiger partial charge in [0, 0.05) is 20.0 Å². The first-order chi connectivity index (χ1) is 9.09. The van der Waals surface area contributed by atoms with Crippen molar-refractivity contribution in [3.8, 4) is 0 Å². The molecule has 1 atom stereocenters. The van der Waals surface area contributed by atoms with Crippen molar-refractivity contribution in [3.05, 3.63) is 35.6 Å². The van der Waals surface area contributed by atoms with Crippen LogP contribution >= 0.6 is 0 Å². The van der Waals surface area contributed by atoms with Gasteiger partial charge in [0.05, 0.1) is 0 Å². The maximum absolute atomic E-state index is 13.4. The average molecular weight is 264 g/mol. The minimum atomic E-state index is -0.381. The van der Waals surface area contributed by atoms with E-state index in [0.29, 0.717) is 31.4 Å². The third-order valence-corrected chi connectivity index (χ3v) is 3.45. The Morgan fingerprint density at radius 2 is 2.21 bits per heavy atom. The van der Waals surface area contributed by atoms with Gasteiger partial charge in [-0.1, -0.05) is 18.2 Å². The van der Waals surface area contributed by atoms with Crippen molar-refractivity contribution >= 4 is 11.8 Å².